The highest BCUT2D eigenvalue weighted by atomic mass is 16.5. The number of rotatable bonds is 4. The molecule has 0 bridgehead atoms. The molecule has 0 radical (unpaired) electrons. The normalized spacial score (nSPS) is 9.86. The first-order valence-corrected chi connectivity index (χ1v) is 6.79. The molecule has 0 saturated heterocycles. The van der Waals surface area contributed by atoms with E-state index in [1.54, 1.807) is 24.3 Å². The largest absolute Gasteiger partial charge is 0.454 e. The van der Waals surface area contributed by atoms with Crippen molar-refractivity contribution in [2.24, 2.45) is 0 Å². The van der Waals surface area contributed by atoms with Gasteiger partial charge in [0.05, 0.1) is 17.2 Å². The molecule has 0 atom stereocenters. The summed E-state index contributed by atoms with van der Waals surface area (Å²) in [5, 5.41) is 8.81. The highest BCUT2D eigenvalue weighted by Gasteiger charge is 2.13. The smallest absolute Gasteiger partial charge is 0.338 e. The average molecular weight is 293 g/mol. The van der Waals surface area contributed by atoms with E-state index in [4.69, 9.17) is 10.00 Å². The predicted molar refractivity (Wildman–Crippen MR) is 81.7 cm³/mol. The Labute approximate surface area is 129 Å². The average Bonchev–Trinajstić information content (AvgIpc) is 2.52. The van der Waals surface area contributed by atoms with Gasteiger partial charge < -0.3 is 4.74 Å². The van der Waals surface area contributed by atoms with Crippen molar-refractivity contribution in [3.8, 4) is 6.07 Å². The molecule has 22 heavy (non-hydrogen) atoms. The SMILES string of the molecule is Cc1ccc(C(=O)COC(=O)c2cccc(C#N)c2)c(C)c1. The molecule has 0 aliphatic carbocycles. The molecule has 4 heteroatoms. The Morgan fingerprint density at radius 3 is 2.59 bits per heavy atom. The lowest BCUT2D eigenvalue weighted by atomic mass is 10.0. The molecule has 0 heterocycles. The van der Waals surface area contributed by atoms with Crippen molar-refractivity contribution in [3.63, 3.8) is 0 Å². The van der Waals surface area contributed by atoms with Gasteiger partial charge in [-0.1, -0.05) is 29.8 Å². The summed E-state index contributed by atoms with van der Waals surface area (Å²) in [7, 11) is 0. The van der Waals surface area contributed by atoms with Gasteiger partial charge in [0.2, 0.25) is 5.78 Å². The van der Waals surface area contributed by atoms with Gasteiger partial charge in [0.1, 0.15) is 0 Å². The summed E-state index contributed by atoms with van der Waals surface area (Å²) < 4.78 is 5.03. The third-order valence-corrected chi connectivity index (χ3v) is 3.24. The van der Waals surface area contributed by atoms with Gasteiger partial charge in [-0.3, -0.25) is 4.79 Å². The third-order valence-electron chi connectivity index (χ3n) is 3.24. The van der Waals surface area contributed by atoms with E-state index in [2.05, 4.69) is 0 Å². The van der Waals surface area contributed by atoms with Crippen LogP contribution in [0.2, 0.25) is 0 Å². The van der Waals surface area contributed by atoms with Gasteiger partial charge in [-0.25, -0.2) is 4.79 Å². The molecular weight excluding hydrogens is 278 g/mol. The van der Waals surface area contributed by atoms with Gasteiger partial charge in [-0.05, 0) is 37.6 Å². The zero-order chi connectivity index (χ0) is 16.1. The van der Waals surface area contributed by atoms with Gasteiger partial charge in [0, 0.05) is 5.56 Å². The number of carbonyl (C=O) groups is 2. The molecule has 2 aromatic carbocycles. The number of aryl methyl sites for hydroxylation is 2. The molecule has 0 amide bonds. The molecule has 0 aromatic heterocycles. The van der Waals surface area contributed by atoms with Crippen LogP contribution in [0.15, 0.2) is 42.5 Å². The number of carbonyl (C=O) groups excluding carboxylic acids is 2. The van der Waals surface area contributed by atoms with Crippen molar-refractivity contribution in [1.82, 2.24) is 0 Å². The van der Waals surface area contributed by atoms with Crippen LogP contribution in [-0.2, 0) is 4.74 Å². The molecule has 110 valence electrons. The number of ketones is 1. The van der Waals surface area contributed by atoms with Crippen LogP contribution in [0, 0.1) is 25.2 Å². The minimum absolute atomic E-state index is 0.248. The van der Waals surface area contributed by atoms with Crippen LogP contribution in [0.5, 0.6) is 0 Å². The maximum Gasteiger partial charge on any atom is 0.338 e. The summed E-state index contributed by atoms with van der Waals surface area (Å²) in [5.74, 6) is -0.863. The molecule has 0 spiro atoms. The van der Waals surface area contributed by atoms with Gasteiger partial charge in [0.25, 0.3) is 0 Å². The van der Waals surface area contributed by atoms with Crippen LogP contribution in [0.4, 0.5) is 0 Å². The van der Waals surface area contributed by atoms with E-state index in [-0.39, 0.29) is 18.0 Å². The van der Waals surface area contributed by atoms with Crippen LogP contribution in [0.3, 0.4) is 0 Å². The van der Waals surface area contributed by atoms with Crippen LogP contribution < -0.4 is 0 Å². The highest BCUT2D eigenvalue weighted by Crippen LogP contribution is 2.12. The second kappa shape index (κ2) is 6.68. The summed E-state index contributed by atoms with van der Waals surface area (Å²) >= 11 is 0. The Kier molecular flexibility index (Phi) is 4.70. The van der Waals surface area contributed by atoms with E-state index in [0.29, 0.717) is 11.1 Å². The Morgan fingerprint density at radius 1 is 1.14 bits per heavy atom. The maximum atomic E-state index is 12.1. The number of Topliss-reactive ketones (excluding diaryl/α,β-unsaturated/α-hetero) is 1. The van der Waals surface area contributed by atoms with Gasteiger partial charge in [0.15, 0.2) is 6.61 Å². The molecule has 0 aliphatic rings. The quantitative estimate of drug-likeness (QED) is 0.641. The lowest BCUT2D eigenvalue weighted by Gasteiger charge is -2.07. The summed E-state index contributed by atoms with van der Waals surface area (Å²) in [6.45, 7) is 3.47. The minimum Gasteiger partial charge on any atom is -0.454 e. The second-order valence-electron chi connectivity index (χ2n) is 5.01. The van der Waals surface area contributed by atoms with E-state index in [1.165, 1.54) is 6.07 Å². The van der Waals surface area contributed by atoms with Crippen molar-refractivity contribution in [1.29, 1.82) is 5.26 Å². The molecule has 0 unspecified atom stereocenters. The topological polar surface area (TPSA) is 67.2 Å². The number of esters is 1. The molecular formula is C18H15NO3. The van der Waals surface area contributed by atoms with E-state index in [0.717, 1.165) is 11.1 Å². The highest BCUT2D eigenvalue weighted by molar-refractivity contribution is 6.00. The van der Waals surface area contributed by atoms with Crippen molar-refractivity contribution in [3.05, 3.63) is 70.3 Å². The molecule has 4 nitrogen and oxygen atoms in total. The standard InChI is InChI=1S/C18H15NO3/c1-12-6-7-16(13(2)8-12)17(20)11-22-18(21)15-5-3-4-14(9-15)10-19/h3-9H,11H2,1-2H3. The van der Waals surface area contributed by atoms with E-state index in [9.17, 15) is 9.59 Å². The zero-order valence-electron chi connectivity index (χ0n) is 12.4. The zero-order valence-corrected chi connectivity index (χ0v) is 12.4. The molecule has 2 rings (SSSR count). The molecule has 0 N–H and O–H groups in total. The lowest BCUT2D eigenvalue weighted by Crippen LogP contribution is -2.15. The molecule has 0 fully saturated rings. The van der Waals surface area contributed by atoms with Gasteiger partial charge in [-0.2, -0.15) is 5.26 Å². The van der Waals surface area contributed by atoms with E-state index in [1.807, 2.05) is 32.0 Å². The number of nitrogens with zero attached hydrogens (tertiary/aromatic N) is 1. The van der Waals surface area contributed by atoms with Crippen LogP contribution >= 0.6 is 0 Å². The van der Waals surface area contributed by atoms with Crippen molar-refractivity contribution in [2.75, 3.05) is 6.61 Å². The Balaban J connectivity index is 2.04. The van der Waals surface area contributed by atoms with Gasteiger partial charge >= 0.3 is 5.97 Å². The molecule has 2 aromatic rings. The number of ether oxygens (including phenoxy) is 1. The van der Waals surface area contributed by atoms with E-state index >= 15 is 0 Å². The second-order valence-corrected chi connectivity index (χ2v) is 5.01. The fourth-order valence-electron chi connectivity index (χ4n) is 2.13. The monoisotopic (exact) mass is 293 g/mol. The lowest BCUT2D eigenvalue weighted by molar-refractivity contribution is 0.0474. The fourth-order valence-corrected chi connectivity index (χ4v) is 2.13. The summed E-state index contributed by atoms with van der Waals surface area (Å²) in [6, 6.07) is 13.6. The number of benzene rings is 2. The van der Waals surface area contributed by atoms with E-state index < -0.39 is 5.97 Å². The van der Waals surface area contributed by atoms with Gasteiger partial charge in [-0.15, -0.1) is 0 Å². The number of nitriles is 1. The number of hydrogen-bond acceptors (Lipinski definition) is 4. The van der Waals surface area contributed by atoms with Crippen molar-refractivity contribution < 1.29 is 14.3 Å². The first-order valence-electron chi connectivity index (χ1n) is 6.79. The first kappa shape index (κ1) is 15.5. The summed E-state index contributed by atoms with van der Waals surface area (Å²) in [4.78, 5) is 24.0. The Morgan fingerprint density at radius 2 is 1.91 bits per heavy atom. The molecule has 0 aliphatic heterocycles. The minimum atomic E-state index is -0.616. The van der Waals surface area contributed by atoms with Crippen molar-refractivity contribution >= 4 is 11.8 Å². The molecule has 0 saturated carbocycles. The van der Waals surface area contributed by atoms with Crippen molar-refractivity contribution in [2.45, 2.75) is 13.8 Å². The Hall–Kier alpha value is -2.93. The van der Waals surface area contributed by atoms with Crippen LogP contribution in [0.1, 0.15) is 37.4 Å². The predicted octanol–water partition coefficient (Wildman–Crippen LogP) is 3.21. The first-order chi connectivity index (χ1) is 10.5. The summed E-state index contributed by atoms with van der Waals surface area (Å²) in [6.07, 6.45) is 0. The summed E-state index contributed by atoms with van der Waals surface area (Å²) in [5.41, 5.74) is 3.10. The fraction of sp³-hybridized carbons (Fsp3) is 0.167. The van der Waals surface area contributed by atoms with Crippen LogP contribution in [-0.4, -0.2) is 18.4 Å². The van der Waals surface area contributed by atoms with Crippen LogP contribution in [0.25, 0.3) is 0 Å². The third kappa shape index (κ3) is 3.58. The number of hydrogen-bond donors (Lipinski definition) is 0. The maximum absolute atomic E-state index is 12.1. The Bertz CT molecular complexity index is 772.